The van der Waals surface area contributed by atoms with Crippen LogP contribution in [0.2, 0.25) is 0 Å². The molecular formula is C18H12N4O7. The average Bonchev–Trinajstić information content (AvgIpc) is 3.24. The molecule has 0 atom stereocenters. The largest absolute Gasteiger partial charge is 0.459 e. The van der Waals surface area contributed by atoms with Gasteiger partial charge in [-0.15, -0.1) is 0 Å². The fourth-order valence-electron chi connectivity index (χ4n) is 2.38. The van der Waals surface area contributed by atoms with Gasteiger partial charge in [0.15, 0.2) is 5.76 Å². The first-order chi connectivity index (χ1) is 13.8. The lowest BCUT2D eigenvalue weighted by molar-refractivity contribution is -0.394. The standard InChI is InChI=1S/C18H12N4O7/c23-17(11-8-14(21(25)26)10-15(9-11)22(27)28)19-12-3-5-13(6-4-12)20-18(24)16-2-1-7-29-16/h1-10H,(H,19,23)(H,20,24). The van der Waals surface area contributed by atoms with E-state index in [9.17, 15) is 29.8 Å². The second kappa shape index (κ2) is 8.00. The van der Waals surface area contributed by atoms with E-state index in [-0.39, 0.29) is 11.3 Å². The molecule has 2 aromatic carbocycles. The molecule has 0 unspecified atom stereocenters. The number of hydrogen-bond donors (Lipinski definition) is 2. The molecule has 1 heterocycles. The molecule has 0 radical (unpaired) electrons. The van der Waals surface area contributed by atoms with Crippen molar-refractivity contribution in [1.82, 2.24) is 0 Å². The Hall–Kier alpha value is -4.54. The van der Waals surface area contributed by atoms with Crippen molar-refractivity contribution in [1.29, 1.82) is 0 Å². The maximum absolute atomic E-state index is 12.3. The molecule has 0 aliphatic rings. The summed E-state index contributed by atoms with van der Waals surface area (Å²) in [6.45, 7) is 0. The van der Waals surface area contributed by atoms with Gasteiger partial charge in [0, 0.05) is 23.5 Å². The summed E-state index contributed by atoms with van der Waals surface area (Å²) in [6, 6.07) is 11.8. The number of anilines is 2. The van der Waals surface area contributed by atoms with Gasteiger partial charge < -0.3 is 15.1 Å². The van der Waals surface area contributed by atoms with E-state index in [0.29, 0.717) is 11.4 Å². The first-order valence-electron chi connectivity index (χ1n) is 8.03. The number of hydrogen-bond acceptors (Lipinski definition) is 7. The molecule has 11 nitrogen and oxygen atoms in total. The van der Waals surface area contributed by atoms with E-state index in [2.05, 4.69) is 10.6 Å². The normalized spacial score (nSPS) is 10.2. The Kier molecular flexibility index (Phi) is 5.30. The zero-order valence-electron chi connectivity index (χ0n) is 14.5. The summed E-state index contributed by atoms with van der Waals surface area (Å²) in [5.41, 5.74) is -0.614. The molecule has 0 saturated heterocycles. The molecular weight excluding hydrogens is 384 g/mol. The first-order valence-corrected chi connectivity index (χ1v) is 8.03. The minimum Gasteiger partial charge on any atom is -0.459 e. The van der Waals surface area contributed by atoms with Crippen LogP contribution in [-0.4, -0.2) is 21.7 Å². The minimum atomic E-state index is -0.819. The third kappa shape index (κ3) is 4.60. The number of furan rings is 1. The Morgan fingerprint density at radius 1 is 0.793 bits per heavy atom. The molecule has 0 fully saturated rings. The van der Waals surface area contributed by atoms with E-state index in [1.54, 1.807) is 6.07 Å². The van der Waals surface area contributed by atoms with Crippen LogP contribution in [0.25, 0.3) is 0 Å². The highest BCUT2D eigenvalue weighted by Crippen LogP contribution is 2.24. The molecule has 3 rings (SSSR count). The summed E-state index contributed by atoms with van der Waals surface area (Å²) in [6.07, 6.45) is 1.37. The number of rotatable bonds is 6. The lowest BCUT2D eigenvalue weighted by Crippen LogP contribution is -2.13. The van der Waals surface area contributed by atoms with Crippen LogP contribution in [0.3, 0.4) is 0 Å². The lowest BCUT2D eigenvalue weighted by Gasteiger charge is -2.07. The molecule has 146 valence electrons. The maximum atomic E-state index is 12.3. The van der Waals surface area contributed by atoms with Gasteiger partial charge in [0.2, 0.25) is 0 Å². The van der Waals surface area contributed by atoms with Gasteiger partial charge in [0.1, 0.15) is 0 Å². The van der Waals surface area contributed by atoms with Crippen LogP contribution < -0.4 is 10.6 Å². The minimum absolute atomic E-state index is 0.134. The van der Waals surface area contributed by atoms with Crippen molar-refractivity contribution in [3.63, 3.8) is 0 Å². The molecule has 1 aromatic heterocycles. The van der Waals surface area contributed by atoms with Crippen LogP contribution in [-0.2, 0) is 0 Å². The zero-order chi connectivity index (χ0) is 21.0. The quantitative estimate of drug-likeness (QED) is 0.476. The molecule has 2 amide bonds. The summed E-state index contributed by atoms with van der Waals surface area (Å²) >= 11 is 0. The number of nitro benzene ring substituents is 2. The van der Waals surface area contributed by atoms with Crippen molar-refractivity contribution < 1.29 is 23.9 Å². The van der Waals surface area contributed by atoms with E-state index in [1.807, 2.05) is 0 Å². The van der Waals surface area contributed by atoms with Gasteiger partial charge in [-0.2, -0.15) is 0 Å². The van der Waals surface area contributed by atoms with E-state index in [0.717, 1.165) is 18.2 Å². The number of nitrogens with zero attached hydrogens (tertiary/aromatic N) is 2. The van der Waals surface area contributed by atoms with E-state index in [4.69, 9.17) is 4.42 Å². The topological polar surface area (TPSA) is 158 Å². The van der Waals surface area contributed by atoms with Crippen LogP contribution in [0.1, 0.15) is 20.9 Å². The smallest absolute Gasteiger partial charge is 0.291 e. The van der Waals surface area contributed by atoms with Crippen molar-refractivity contribution in [2.75, 3.05) is 10.6 Å². The Labute approximate surface area is 162 Å². The number of carbonyl (C=O) groups excluding carboxylic acids is 2. The Balaban J connectivity index is 1.73. The average molecular weight is 396 g/mol. The van der Waals surface area contributed by atoms with Gasteiger partial charge in [-0.3, -0.25) is 29.8 Å². The molecule has 0 aliphatic heterocycles. The number of carbonyl (C=O) groups is 2. The van der Waals surface area contributed by atoms with Gasteiger partial charge in [0.25, 0.3) is 23.2 Å². The summed E-state index contributed by atoms with van der Waals surface area (Å²) in [7, 11) is 0. The van der Waals surface area contributed by atoms with Crippen LogP contribution in [0.15, 0.2) is 65.3 Å². The predicted octanol–water partition coefficient (Wildman–Crippen LogP) is 3.60. The number of nitrogens with one attached hydrogen (secondary N) is 2. The van der Waals surface area contributed by atoms with Crippen molar-refractivity contribution in [2.45, 2.75) is 0 Å². The van der Waals surface area contributed by atoms with Crippen molar-refractivity contribution >= 4 is 34.6 Å². The fourth-order valence-corrected chi connectivity index (χ4v) is 2.38. The molecule has 29 heavy (non-hydrogen) atoms. The highest BCUT2D eigenvalue weighted by atomic mass is 16.6. The van der Waals surface area contributed by atoms with Crippen molar-refractivity contribution in [3.8, 4) is 0 Å². The number of amides is 2. The highest BCUT2D eigenvalue weighted by Gasteiger charge is 2.20. The summed E-state index contributed by atoms with van der Waals surface area (Å²) in [4.78, 5) is 44.5. The monoisotopic (exact) mass is 396 g/mol. The molecule has 3 aromatic rings. The van der Waals surface area contributed by atoms with Crippen LogP contribution in [0.5, 0.6) is 0 Å². The van der Waals surface area contributed by atoms with Gasteiger partial charge >= 0.3 is 0 Å². The summed E-state index contributed by atoms with van der Waals surface area (Å²) in [5, 5.41) is 26.9. The molecule has 0 bridgehead atoms. The summed E-state index contributed by atoms with van der Waals surface area (Å²) < 4.78 is 4.98. The van der Waals surface area contributed by atoms with Gasteiger partial charge in [-0.1, -0.05) is 0 Å². The van der Waals surface area contributed by atoms with Gasteiger partial charge in [-0.25, -0.2) is 0 Å². The fraction of sp³-hybridized carbons (Fsp3) is 0. The van der Waals surface area contributed by atoms with E-state index in [1.165, 1.54) is 36.6 Å². The lowest BCUT2D eigenvalue weighted by atomic mass is 10.1. The molecule has 0 aliphatic carbocycles. The molecule has 2 N–H and O–H groups in total. The molecule has 0 spiro atoms. The Morgan fingerprint density at radius 3 is 1.76 bits per heavy atom. The Morgan fingerprint density at radius 2 is 1.31 bits per heavy atom. The zero-order valence-corrected chi connectivity index (χ0v) is 14.5. The number of benzene rings is 2. The van der Waals surface area contributed by atoms with Gasteiger partial charge in [-0.05, 0) is 36.4 Å². The summed E-state index contributed by atoms with van der Waals surface area (Å²) in [5.74, 6) is -1.07. The molecule has 11 heteroatoms. The van der Waals surface area contributed by atoms with Crippen molar-refractivity contribution in [3.05, 3.63) is 92.4 Å². The Bertz CT molecular complexity index is 1060. The number of nitro groups is 2. The molecule has 0 saturated carbocycles. The predicted molar refractivity (Wildman–Crippen MR) is 101 cm³/mol. The number of non-ortho nitro benzene ring substituents is 2. The van der Waals surface area contributed by atoms with E-state index >= 15 is 0 Å². The van der Waals surface area contributed by atoms with Crippen LogP contribution in [0.4, 0.5) is 22.7 Å². The van der Waals surface area contributed by atoms with E-state index < -0.39 is 33.0 Å². The van der Waals surface area contributed by atoms with Gasteiger partial charge in [0.05, 0.1) is 27.7 Å². The first kappa shape index (κ1) is 19.2. The second-order valence-corrected chi connectivity index (χ2v) is 5.72. The maximum Gasteiger partial charge on any atom is 0.291 e. The van der Waals surface area contributed by atoms with Crippen LogP contribution >= 0.6 is 0 Å². The van der Waals surface area contributed by atoms with Crippen LogP contribution in [0, 0.1) is 20.2 Å². The second-order valence-electron chi connectivity index (χ2n) is 5.72. The third-order valence-corrected chi connectivity index (χ3v) is 3.73. The third-order valence-electron chi connectivity index (χ3n) is 3.73. The SMILES string of the molecule is O=C(Nc1ccc(NC(=O)c2ccco2)cc1)c1cc([N+](=O)[O-])cc([N+](=O)[O-])c1. The highest BCUT2D eigenvalue weighted by molar-refractivity contribution is 6.05. The van der Waals surface area contributed by atoms with Crippen molar-refractivity contribution in [2.24, 2.45) is 0 Å².